The van der Waals surface area contributed by atoms with Crippen molar-refractivity contribution >= 4 is 5.84 Å². The maximum absolute atomic E-state index is 7.75. The highest BCUT2D eigenvalue weighted by Gasteiger charge is 2.27. The number of amidine groups is 1. The minimum atomic E-state index is 0.0742. The normalized spacial score (nSPS) is 30.8. The molecule has 1 atom stereocenters. The van der Waals surface area contributed by atoms with Crippen LogP contribution < -0.4 is 5.32 Å². The van der Waals surface area contributed by atoms with Gasteiger partial charge in [-0.25, -0.2) is 0 Å². The number of rotatable bonds is 0. The molecular weight excluding hydrogens is 136 g/mol. The van der Waals surface area contributed by atoms with Crippen molar-refractivity contribution in [2.45, 2.75) is 46.1 Å². The van der Waals surface area contributed by atoms with E-state index in [1.54, 1.807) is 0 Å². The highest BCUT2D eigenvalue weighted by Crippen LogP contribution is 2.26. The van der Waals surface area contributed by atoms with Gasteiger partial charge in [-0.05, 0) is 19.8 Å². The van der Waals surface area contributed by atoms with Crippen molar-refractivity contribution in [1.82, 2.24) is 5.32 Å². The van der Waals surface area contributed by atoms with Gasteiger partial charge in [0.25, 0.3) is 0 Å². The summed E-state index contributed by atoms with van der Waals surface area (Å²) >= 11 is 0. The van der Waals surface area contributed by atoms with E-state index in [-0.39, 0.29) is 5.41 Å². The zero-order chi connectivity index (χ0) is 8.48. The first kappa shape index (κ1) is 8.57. The largest absolute Gasteiger partial charge is 0.371 e. The van der Waals surface area contributed by atoms with Gasteiger partial charge in [0, 0.05) is 11.5 Å². The first-order valence-electron chi connectivity index (χ1n) is 4.38. The van der Waals surface area contributed by atoms with Crippen molar-refractivity contribution in [3.8, 4) is 0 Å². The van der Waals surface area contributed by atoms with Gasteiger partial charge in [0.15, 0.2) is 0 Å². The first-order valence-corrected chi connectivity index (χ1v) is 4.38. The Morgan fingerprint density at radius 1 is 1.55 bits per heavy atom. The van der Waals surface area contributed by atoms with Gasteiger partial charge in [0.1, 0.15) is 0 Å². The van der Waals surface area contributed by atoms with E-state index in [2.05, 4.69) is 26.1 Å². The van der Waals surface area contributed by atoms with Crippen molar-refractivity contribution in [3.05, 3.63) is 0 Å². The lowest BCUT2D eigenvalue weighted by Crippen LogP contribution is -2.38. The fourth-order valence-electron chi connectivity index (χ4n) is 1.49. The minimum absolute atomic E-state index is 0.0742. The zero-order valence-electron chi connectivity index (χ0n) is 7.70. The molecular formula is C9H18N2. The van der Waals surface area contributed by atoms with E-state index in [1.165, 1.54) is 12.8 Å². The molecule has 0 bridgehead atoms. The van der Waals surface area contributed by atoms with Crippen LogP contribution >= 0.6 is 0 Å². The fourth-order valence-corrected chi connectivity index (χ4v) is 1.49. The highest BCUT2D eigenvalue weighted by molar-refractivity contribution is 5.84. The van der Waals surface area contributed by atoms with Crippen LogP contribution in [-0.4, -0.2) is 11.9 Å². The molecule has 11 heavy (non-hydrogen) atoms. The van der Waals surface area contributed by atoms with Gasteiger partial charge in [0.05, 0.1) is 5.84 Å². The molecule has 1 aliphatic heterocycles. The van der Waals surface area contributed by atoms with E-state index in [0.717, 1.165) is 6.42 Å². The first-order chi connectivity index (χ1) is 5.02. The molecule has 2 heteroatoms. The van der Waals surface area contributed by atoms with E-state index in [1.807, 2.05) is 0 Å². The molecule has 0 aromatic carbocycles. The molecule has 0 spiro atoms. The third kappa shape index (κ3) is 1.95. The Balaban J connectivity index is 2.66. The van der Waals surface area contributed by atoms with Gasteiger partial charge < -0.3 is 5.32 Å². The molecule has 0 amide bonds. The lowest BCUT2D eigenvalue weighted by atomic mass is 9.87. The molecule has 0 aromatic rings. The molecule has 1 saturated heterocycles. The smallest absolute Gasteiger partial charge is 0.0991 e. The Hall–Kier alpha value is -0.530. The monoisotopic (exact) mass is 154 g/mol. The Morgan fingerprint density at radius 3 is 2.82 bits per heavy atom. The van der Waals surface area contributed by atoms with Crippen LogP contribution in [0.4, 0.5) is 0 Å². The summed E-state index contributed by atoms with van der Waals surface area (Å²) in [6.07, 6.45) is 3.58. The van der Waals surface area contributed by atoms with Crippen molar-refractivity contribution in [1.29, 1.82) is 5.41 Å². The number of hydrogen-bond donors (Lipinski definition) is 2. The molecule has 64 valence electrons. The van der Waals surface area contributed by atoms with Crippen LogP contribution in [0.15, 0.2) is 0 Å². The van der Waals surface area contributed by atoms with Gasteiger partial charge in [-0.2, -0.15) is 0 Å². The zero-order valence-corrected chi connectivity index (χ0v) is 7.70. The fraction of sp³-hybridized carbons (Fsp3) is 0.889. The Morgan fingerprint density at radius 2 is 2.18 bits per heavy atom. The molecule has 2 nitrogen and oxygen atoms in total. The van der Waals surface area contributed by atoms with Crippen LogP contribution in [0.2, 0.25) is 0 Å². The Kier molecular flexibility index (Phi) is 2.21. The Labute approximate surface area is 68.9 Å². The van der Waals surface area contributed by atoms with Gasteiger partial charge in [0.2, 0.25) is 0 Å². The van der Waals surface area contributed by atoms with Gasteiger partial charge in [-0.15, -0.1) is 0 Å². The summed E-state index contributed by atoms with van der Waals surface area (Å²) in [6.45, 7) is 6.43. The van der Waals surface area contributed by atoms with E-state index in [9.17, 15) is 0 Å². The molecule has 2 N–H and O–H groups in total. The average Bonchev–Trinajstić information content (AvgIpc) is 1.94. The summed E-state index contributed by atoms with van der Waals surface area (Å²) in [7, 11) is 0. The molecule has 0 radical (unpaired) electrons. The van der Waals surface area contributed by atoms with Crippen LogP contribution in [0.1, 0.15) is 40.0 Å². The molecule has 1 rings (SSSR count). The third-order valence-electron chi connectivity index (χ3n) is 2.51. The summed E-state index contributed by atoms with van der Waals surface area (Å²) in [5.41, 5.74) is 0.0742. The topological polar surface area (TPSA) is 35.9 Å². The van der Waals surface area contributed by atoms with Gasteiger partial charge in [-0.1, -0.05) is 20.3 Å². The summed E-state index contributed by atoms with van der Waals surface area (Å²) in [5.74, 6) is 0.711. The molecule has 1 fully saturated rings. The maximum Gasteiger partial charge on any atom is 0.0991 e. The maximum atomic E-state index is 7.75. The lowest BCUT2D eigenvalue weighted by Gasteiger charge is -2.23. The van der Waals surface area contributed by atoms with Crippen molar-refractivity contribution in [2.75, 3.05) is 0 Å². The summed E-state index contributed by atoms with van der Waals surface area (Å²) < 4.78 is 0. The van der Waals surface area contributed by atoms with Crippen LogP contribution in [0.5, 0.6) is 0 Å². The predicted molar refractivity (Wildman–Crippen MR) is 48.0 cm³/mol. The van der Waals surface area contributed by atoms with Gasteiger partial charge in [-0.3, -0.25) is 5.41 Å². The third-order valence-corrected chi connectivity index (χ3v) is 2.51. The van der Waals surface area contributed by atoms with Crippen molar-refractivity contribution < 1.29 is 0 Å². The quantitative estimate of drug-likeness (QED) is 0.551. The molecule has 0 aliphatic carbocycles. The summed E-state index contributed by atoms with van der Waals surface area (Å²) in [5, 5.41) is 11.0. The molecule has 0 aromatic heterocycles. The second-order valence-corrected chi connectivity index (χ2v) is 4.20. The van der Waals surface area contributed by atoms with Crippen LogP contribution in [0.25, 0.3) is 0 Å². The van der Waals surface area contributed by atoms with Crippen LogP contribution in [0, 0.1) is 10.8 Å². The predicted octanol–water partition coefficient (Wildman–Crippen LogP) is 2.15. The second-order valence-electron chi connectivity index (χ2n) is 4.20. The summed E-state index contributed by atoms with van der Waals surface area (Å²) in [6, 6.07) is 0.490. The van der Waals surface area contributed by atoms with Gasteiger partial charge >= 0.3 is 0 Å². The molecule has 0 saturated carbocycles. The van der Waals surface area contributed by atoms with E-state index >= 15 is 0 Å². The SMILES string of the molecule is CC1CCCC(C)(C)C(=N)N1. The van der Waals surface area contributed by atoms with Crippen LogP contribution in [0.3, 0.4) is 0 Å². The number of nitrogens with one attached hydrogen (secondary N) is 2. The average molecular weight is 154 g/mol. The van der Waals surface area contributed by atoms with E-state index in [4.69, 9.17) is 5.41 Å². The minimum Gasteiger partial charge on any atom is -0.371 e. The second kappa shape index (κ2) is 2.84. The Bertz CT molecular complexity index is 161. The summed E-state index contributed by atoms with van der Waals surface area (Å²) in [4.78, 5) is 0. The molecule has 1 unspecified atom stereocenters. The lowest BCUT2D eigenvalue weighted by molar-refractivity contribution is 0.457. The van der Waals surface area contributed by atoms with E-state index in [0.29, 0.717) is 11.9 Å². The standard InChI is InChI=1S/C9H18N2/c1-7-5-4-6-9(2,3)8(10)11-7/h7H,4-6H2,1-3H3,(H2,10,11). The van der Waals surface area contributed by atoms with E-state index < -0.39 is 0 Å². The van der Waals surface area contributed by atoms with Crippen LogP contribution in [-0.2, 0) is 0 Å². The number of hydrogen-bond acceptors (Lipinski definition) is 1. The molecule has 1 heterocycles. The van der Waals surface area contributed by atoms with Crippen molar-refractivity contribution in [3.63, 3.8) is 0 Å². The molecule has 1 aliphatic rings. The van der Waals surface area contributed by atoms with Crippen molar-refractivity contribution in [2.24, 2.45) is 5.41 Å². The highest BCUT2D eigenvalue weighted by atomic mass is 15.0.